The first-order valence-electron chi connectivity index (χ1n) is 6.83. The van der Waals surface area contributed by atoms with Gasteiger partial charge < -0.3 is 15.0 Å². The quantitative estimate of drug-likeness (QED) is 0.624. The fourth-order valence-corrected chi connectivity index (χ4v) is 2.22. The molecule has 21 heavy (non-hydrogen) atoms. The minimum atomic E-state index is -0.662. The van der Waals surface area contributed by atoms with Gasteiger partial charge in [-0.25, -0.2) is 0 Å². The van der Waals surface area contributed by atoms with Gasteiger partial charge in [0.2, 0.25) is 0 Å². The van der Waals surface area contributed by atoms with Crippen LogP contribution in [0.5, 0.6) is 0 Å². The zero-order chi connectivity index (χ0) is 15.4. The molecule has 1 saturated heterocycles. The highest BCUT2D eigenvalue weighted by Crippen LogP contribution is 2.15. The van der Waals surface area contributed by atoms with Crippen molar-refractivity contribution in [2.24, 2.45) is 0 Å². The fraction of sp³-hybridized carbons (Fsp3) is 0.375. The van der Waals surface area contributed by atoms with E-state index in [0.29, 0.717) is 24.4 Å². The number of anilines is 1. The Morgan fingerprint density at radius 1 is 1.43 bits per heavy atom. The van der Waals surface area contributed by atoms with Crippen LogP contribution in [0.15, 0.2) is 24.3 Å². The summed E-state index contributed by atoms with van der Waals surface area (Å²) in [6.45, 7) is 4.62. The van der Waals surface area contributed by atoms with Crippen LogP contribution in [0, 0.1) is 12.3 Å². The second-order valence-electron chi connectivity index (χ2n) is 4.99. The number of carbonyl (C=O) groups is 2. The van der Waals surface area contributed by atoms with E-state index in [2.05, 4.69) is 11.2 Å². The van der Waals surface area contributed by atoms with Crippen molar-refractivity contribution in [3.63, 3.8) is 0 Å². The average Bonchev–Trinajstić information content (AvgIpc) is 2.49. The van der Waals surface area contributed by atoms with E-state index in [0.717, 1.165) is 0 Å². The van der Waals surface area contributed by atoms with Gasteiger partial charge in [-0.15, -0.1) is 6.42 Å². The van der Waals surface area contributed by atoms with Crippen molar-refractivity contribution in [1.82, 2.24) is 4.90 Å². The van der Waals surface area contributed by atoms with E-state index in [9.17, 15) is 9.59 Å². The molecule has 1 aliphatic heterocycles. The van der Waals surface area contributed by atoms with Crippen molar-refractivity contribution in [2.45, 2.75) is 26.0 Å². The molecule has 1 aliphatic rings. The molecular weight excluding hydrogens is 268 g/mol. The molecule has 0 aliphatic carbocycles. The third-order valence-corrected chi connectivity index (χ3v) is 3.63. The molecule has 5 heteroatoms. The second-order valence-corrected chi connectivity index (χ2v) is 4.99. The molecule has 1 aromatic rings. The van der Waals surface area contributed by atoms with Crippen LogP contribution < -0.4 is 5.32 Å². The van der Waals surface area contributed by atoms with Gasteiger partial charge in [-0.2, -0.15) is 0 Å². The molecule has 5 nitrogen and oxygen atoms in total. The summed E-state index contributed by atoms with van der Waals surface area (Å²) in [6.07, 6.45) is 5.22. The zero-order valence-electron chi connectivity index (χ0n) is 12.1. The molecule has 2 rings (SSSR count). The van der Waals surface area contributed by atoms with Gasteiger partial charge in [0, 0.05) is 17.8 Å². The number of rotatable bonds is 1. The maximum absolute atomic E-state index is 12.2. The number of hydrogen-bond acceptors (Lipinski definition) is 3. The minimum Gasteiger partial charge on any atom is -0.375 e. The molecule has 0 aromatic heterocycles. The summed E-state index contributed by atoms with van der Waals surface area (Å²) in [5.74, 6) is 1.27. The number of ether oxygens (including phenoxy) is 1. The van der Waals surface area contributed by atoms with E-state index in [4.69, 9.17) is 11.2 Å². The van der Waals surface area contributed by atoms with Crippen LogP contribution in [0.2, 0.25) is 0 Å². The predicted octanol–water partition coefficient (Wildman–Crippen LogP) is 1.24. The zero-order valence-corrected chi connectivity index (χ0v) is 12.1. The first kappa shape index (κ1) is 15.1. The SMILES string of the molecule is C#Cc1cccc(NC(=O)C(=O)N2CCOC(C)C2C)c1. The summed E-state index contributed by atoms with van der Waals surface area (Å²) in [5.41, 5.74) is 1.16. The Labute approximate surface area is 124 Å². The van der Waals surface area contributed by atoms with Crippen LogP contribution in [0.3, 0.4) is 0 Å². The molecule has 1 heterocycles. The lowest BCUT2D eigenvalue weighted by molar-refractivity contribution is -0.152. The number of amides is 2. The van der Waals surface area contributed by atoms with E-state index in [1.807, 2.05) is 13.8 Å². The number of benzene rings is 1. The lowest BCUT2D eigenvalue weighted by Crippen LogP contribution is -2.54. The number of nitrogens with zero attached hydrogens (tertiary/aromatic N) is 1. The standard InChI is InChI=1S/C16H18N2O3/c1-4-13-6-5-7-14(10-13)17-15(19)16(20)18-8-9-21-12(3)11(18)2/h1,5-7,10-12H,8-9H2,2-3H3,(H,17,19). The molecule has 1 fully saturated rings. The average molecular weight is 286 g/mol. The Hall–Kier alpha value is -2.32. The monoisotopic (exact) mass is 286 g/mol. The smallest absolute Gasteiger partial charge is 0.313 e. The van der Waals surface area contributed by atoms with Crippen LogP contribution in [0.4, 0.5) is 5.69 Å². The van der Waals surface area contributed by atoms with Crippen LogP contribution >= 0.6 is 0 Å². The Morgan fingerprint density at radius 3 is 2.90 bits per heavy atom. The lowest BCUT2D eigenvalue weighted by Gasteiger charge is -2.37. The van der Waals surface area contributed by atoms with E-state index in [-0.39, 0.29) is 12.1 Å². The third kappa shape index (κ3) is 3.41. The normalized spacial score (nSPS) is 21.5. The van der Waals surface area contributed by atoms with E-state index in [1.165, 1.54) is 4.90 Å². The Morgan fingerprint density at radius 2 is 2.19 bits per heavy atom. The molecule has 2 atom stereocenters. The van der Waals surface area contributed by atoms with E-state index in [1.54, 1.807) is 24.3 Å². The van der Waals surface area contributed by atoms with Crippen molar-refractivity contribution in [3.8, 4) is 12.3 Å². The summed E-state index contributed by atoms with van der Waals surface area (Å²) in [5, 5.41) is 2.58. The Bertz CT molecular complexity index is 591. The van der Waals surface area contributed by atoms with Crippen molar-refractivity contribution >= 4 is 17.5 Å². The van der Waals surface area contributed by atoms with E-state index >= 15 is 0 Å². The second kappa shape index (κ2) is 6.42. The Kier molecular flexibility index (Phi) is 4.61. The molecule has 1 aromatic carbocycles. The first-order chi connectivity index (χ1) is 10.0. The van der Waals surface area contributed by atoms with Crippen molar-refractivity contribution in [1.29, 1.82) is 0 Å². The lowest BCUT2D eigenvalue weighted by atomic mass is 10.1. The number of morpholine rings is 1. The van der Waals surface area contributed by atoms with Crippen LogP contribution in [-0.2, 0) is 14.3 Å². The highest BCUT2D eigenvalue weighted by atomic mass is 16.5. The van der Waals surface area contributed by atoms with Crippen molar-refractivity contribution in [2.75, 3.05) is 18.5 Å². The number of nitrogens with one attached hydrogen (secondary N) is 1. The van der Waals surface area contributed by atoms with Crippen LogP contribution in [0.25, 0.3) is 0 Å². The van der Waals surface area contributed by atoms with E-state index < -0.39 is 11.8 Å². The van der Waals surface area contributed by atoms with Gasteiger partial charge in [0.15, 0.2) is 0 Å². The first-order valence-corrected chi connectivity index (χ1v) is 6.83. The van der Waals surface area contributed by atoms with Gasteiger partial charge in [0.05, 0.1) is 18.8 Å². The molecule has 0 saturated carbocycles. The summed E-state index contributed by atoms with van der Waals surface area (Å²) in [7, 11) is 0. The summed E-state index contributed by atoms with van der Waals surface area (Å²) >= 11 is 0. The summed E-state index contributed by atoms with van der Waals surface area (Å²) in [6, 6.07) is 6.69. The predicted molar refractivity (Wildman–Crippen MR) is 79.6 cm³/mol. The number of terminal acetylenes is 1. The van der Waals surface area contributed by atoms with Crippen molar-refractivity contribution < 1.29 is 14.3 Å². The van der Waals surface area contributed by atoms with Gasteiger partial charge in [-0.1, -0.05) is 12.0 Å². The molecule has 0 radical (unpaired) electrons. The van der Waals surface area contributed by atoms with Gasteiger partial charge in [0.1, 0.15) is 0 Å². The van der Waals surface area contributed by atoms with Gasteiger partial charge in [-0.05, 0) is 32.0 Å². The van der Waals surface area contributed by atoms with Crippen LogP contribution in [-0.4, -0.2) is 42.0 Å². The molecule has 0 spiro atoms. The molecular formula is C16H18N2O3. The fourth-order valence-electron chi connectivity index (χ4n) is 2.22. The maximum atomic E-state index is 12.2. The number of carbonyl (C=O) groups excluding carboxylic acids is 2. The third-order valence-electron chi connectivity index (χ3n) is 3.63. The van der Waals surface area contributed by atoms with Crippen molar-refractivity contribution in [3.05, 3.63) is 29.8 Å². The summed E-state index contributed by atoms with van der Waals surface area (Å²) in [4.78, 5) is 25.8. The maximum Gasteiger partial charge on any atom is 0.313 e. The number of hydrogen-bond donors (Lipinski definition) is 1. The minimum absolute atomic E-state index is 0.0831. The van der Waals surface area contributed by atoms with Gasteiger partial charge in [-0.3, -0.25) is 9.59 Å². The molecule has 110 valence electrons. The Balaban J connectivity index is 2.05. The highest BCUT2D eigenvalue weighted by molar-refractivity contribution is 6.39. The molecule has 2 amide bonds. The van der Waals surface area contributed by atoms with Crippen LogP contribution in [0.1, 0.15) is 19.4 Å². The molecule has 1 N–H and O–H groups in total. The largest absolute Gasteiger partial charge is 0.375 e. The molecule has 0 bridgehead atoms. The van der Waals surface area contributed by atoms with Gasteiger partial charge in [0.25, 0.3) is 0 Å². The highest BCUT2D eigenvalue weighted by Gasteiger charge is 2.32. The summed E-state index contributed by atoms with van der Waals surface area (Å²) < 4.78 is 5.45. The molecule has 2 unspecified atom stereocenters. The topological polar surface area (TPSA) is 58.6 Å². The van der Waals surface area contributed by atoms with Gasteiger partial charge >= 0.3 is 11.8 Å².